The molecule has 1 aromatic heterocycles. The lowest BCUT2D eigenvalue weighted by Gasteiger charge is -2.11. The number of aromatic nitrogens is 1. The predicted molar refractivity (Wildman–Crippen MR) is 99.9 cm³/mol. The molecule has 3 aromatic rings. The average molecular weight is 381 g/mol. The van der Waals surface area contributed by atoms with Crippen LogP contribution in [0.5, 0.6) is 11.5 Å². The van der Waals surface area contributed by atoms with Gasteiger partial charge in [0.25, 0.3) is 5.56 Å². The molecule has 0 aliphatic carbocycles. The minimum atomic E-state index is -0.561. The summed E-state index contributed by atoms with van der Waals surface area (Å²) in [6.45, 7) is 0. The number of ketones is 1. The van der Waals surface area contributed by atoms with Crippen molar-refractivity contribution in [1.29, 1.82) is 5.26 Å². The zero-order chi connectivity index (χ0) is 19.6. The van der Waals surface area contributed by atoms with Gasteiger partial charge in [-0.05, 0) is 48.5 Å². The Balaban J connectivity index is 2.17. The molecule has 0 bridgehead atoms. The van der Waals surface area contributed by atoms with Crippen molar-refractivity contribution in [2.75, 3.05) is 7.11 Å². The Morgan fingerprint density at radius 2 is 1.89 bits per heavy atom. The molecule has 1 heterocycles. The van der Waals surface area contributed by atoms with Gasteiger partial charge in [-0.3, -0.25) is 14.2 Å². The maximum absolute atomic E-state index is 12.8. The second-order valence-corrected chi connectivity index (χ2v) is 6.05. The number of methoxy groups -OCH3 is 1. The Hall–Kier alpha value is -3.56. The lowest BCUT2D eigenvalue weighted by atomic mass is 10.0. The zero-order valence-electron chi connectivity index (χ0n) is 14.1. The SMILES string of the molecule is COc1ccc(-n2cc(C(=O)c3cc(Cl)ccc3O)cc(C#N)c2=O)cc1. The maximum Gasteiger partial charge on any atom is 0.273 e. The lowest BCUT2D eigenvalue weighted by Crippen LogP contribution is -2.22. The summed E-state index contributed by atoms with van der Waals surface area (Å²) in [7, 11) is 1.52. The van der Waals surface area contributed by atoms with Crippen molar-refractivity contribution < 1.29 is 14.6 Å². The van der Waals surface area contributed by atoms with Crippen molar-refractivity contribution in [3.63, 3.8) is 0 Å². The summed E-state index contributed by atoms with van der Waals surface area (Å²) in [4.78, 5) is 25.3. The number of pyridine rings is 1. The van der Waals surface area contributed by atoms with Crippen LogP contribution in [0.1, 0.15) is 21.5 Å². The third kappa shape index (κ3) is 3.54. The molecule has 0 saturated carbocycles. The van der Waals surface area contributed by atoms with Crippen LogP contribution < -0.4 is 10.3 Å². The number of hydrogen-bond acceptors (Lipinski definition) is 5. The van der Waals surface area contributed by atoms with Gasteiger partial charge in [0.15, 0.2) is 5.78 Å². The lowest BCUT2D eigenvalue weighted by molar-refractivity contribution is 0.103. The summed E-state index contributed by atoms with van der Waals surface area (Å²) in [5, 5.41) is 19.5. The number of phenolic OH excluding ortho intramolecular Hbond substituents is 1. The quantitative estimate of drug-likeness (QED) is 0.701. The smallest absolute Gasteiger partial charge is 0.273 e. The number of halogens is 1. The van der Waals surface area contributed by atoms with Gasteiger partial charge in [-0.25, -0.2) is 0 Å². The number of rotatable bonds is 4. The van der Waals surface area contributed by atoms with E-state index in [1.54, 1.807) is 30.3 Å². The van der Waals surface area contributed by atoms with Gasteiger partial charge in [-0.15, -0.1) is 0 Å². The van der Waals surface area contributed by atoms with Crippen molar-refractivity contribution in [1.82, 2.24) is 4.57 Å². The molecule has 0 amide bonds. The first kappa shape index (κ1) is 18.2. The van der Waals surface area contributed by atoms with E-state index in [9.17, 15) is 20.0 Å². The summed E-state index contributed by atoms with van der Waals surface area (Å²) < 4.78 is 6.29. The van der Waals surface area contributed by atoms with Crippen molar-refractivity contribution in [3.05, 3.63) is 86.8 Å². The van der Waals surface area contributed by atoms with Gasteiger partial charge in [0, 0.05) is 22.5 Å². The number of hydrogen-bond donors (Lipinski definition) is 1. The number of ether oxygens (including phenoxy) is 1. The van der Waals surface area contributed by atoms with Crippen LogP contribution >= 0.6 is 11.6 Å². The van der Waals surface area contributed by atoms with Crippen molar-refractivity contribution in [2.24, 2.45) is 0 Å². The first-order chi connectivity index (χ1) is 12.9. The highest BCUT2D eigenvalue weighted by Gasteiger charge is 2.18. The van der Waals surface area contributed by atoms with E-state index in [4.69, 9.17) is 16.3 Å². The summed E-state index contributed by atoms with van der Waals surface area (Å²) >= 11 is 5.91. The normalized spacial score (nSPS) is 10.3. The Kier molecular flexibility index (Phi) is 4.97. The van der Waals surface area contributed by atoms with Crippen LogP contribution in [0.4, 0.5) is 0 Å². The summed E-state index contributed by atoms with van der Waals surface area (Å²) in [6, 6.07) is 13.7. The maximum atomic E-state index is 12.8. The molecule has 0 aliphatic heterocycles. The van der Waals surface area contributed by atoms with E-state index in [0.29, 0.717) is 11.4 Å². The third-order valence-electron chi connectivity index (χ3n) is 3.95. The van der Waals surface area contributed by atoms with Gasteiger partial charge in [0.1, 0.15) is 23.1 Å². The van der Waals surface area contributed by atoms with E-state index in [1.165, 1.54) is 42.1 Å². The van der Waals surface area contributed by atoms with Gasteiger partial charge in [0.05, 0.1) is 12.7 Å². The molecule has 0 atom stereocenters. The van der Waals surface area contributed by atoms with Gasteiger partial charge in [-0.1, -0.05) is 11.6 Å². The van der Waals surface area contributed by atoms with Crippen LogP contribution in [0.3, 0.4) is 0 Å². The molecule has 1 N–H and O–H groups in total. The van der Waals surface area contributed by atoms with Gasteiger partial charge >= 0.3 is 0 Å². The van der Waals surface area contributed by atoms with E-state index >= 15 is 0 Å². The fraction of sp³-hybridized carbons (Fsp3) is 0.0500. The molecule has 7 heteroatoms. The van der Waals surface area contributed by atoms with Crippen molar-refractivity contribution >= 4 is 17.4 Å². The molecule has 0 radical (unpaired) electrons. The minimum Gasteiger partial charge on any atom is -0.507 e. The summed E-state index contributed by atoms with van der Waals surface area (Å²) in [6.07, 6.45) is 1.33. The Morgan fingerprint density at radius 1 is 1.19 bits per heavy atom. The number of nitrogens with zero attached hydrogens (tertiary/aromatic N) is 2. The van der Waals surface area contributed by atoms with E-state index < -0.39 is 11.3 Å². The largest absolute Gasteiger partial charge is 0.507 e. The van der Waals surface area contributed by atoms with E-state index in [-0.39, 0.29) is 27.5 Å². The van der Waals surface area contributed by atoms with Gasteiger partial charge in [-0.2, -0.15) is 5.26 Å². The average Bonchev–Trinajstić information content (AvgIpc) is 2.69. The van der Waals surface area contributed by atoms with Crippen LogP contribution in [-0.4, -0.2) is 22.6 Å². The molecule has 0 saturated heterocycles. The molecular weight excluding hydrogens is 368 g/mol. The van der Waals surface area contributed by atoms with Crippen LogP contribution in [0, 0.1) is 11.3 Å². The van der Waals surface area contributed by atoms with E-state index in [2.05, 4.69) is 0 Å². The molecule has 0 fully saturated rings. The molecule has 2 aromatic carbocycles. The second-order valence-electron chi connectivity index (χ2n) is 5.62. The fourth-order valence-corrected chi connectivity index (χ4v) is 2.74. The number of carbonyl (C=O) groups is 1. The van der Waals surface area contributed by atoms with Gasteiger partial charge in [0.2, 0.25) is 0 Å². The third-order valence-corrected chi connectivity index (χ3v) is 4.19. The number of benzene rings is 2. The number of carbonyl (C=O) groups excluding carboxylic acids is 1. The Bertz CT molecular complexity index is 1130. The molecule has 27 heavy (non-hydrogen) atoms. The van der Waals surface area contributed by atoms with E-state index in [1.807, 2.05) is 0 Å². The van der Waals surface area contributed by atoms with E-state index in [0.717, 1.165) is 0 Å². The summed E-state index contributed by atoms with van der Waals surface area (Å²) in [5.41, 5.74) is -0.249. The van der Waals surface area contributed by atoms with Gasteiger partial charge < -0.3 is 9.84 Å². The Labute approximate surface area is 159 Å². The molecular formula is C20H13ClN2O4. The zero-order valence-corrected chi connectivity index (χ0v) is 14.9. The van der Waals surface area contributed by atoms with Crippen molar-refractivity contribution in [3.8, 4) is 23.3 Å². The number of nitriles is 1. The highest BCUT2D eigenvalue weighted by Crippen LogP contribution is 2.24. The fourth-order valence-electron chi connectivity index (χ4n) is 2.57. The highest BCUT2D eigenvalue weighted by molar-refractivity contribution is 6.31. The standard InChI is InChI=1S/C20H13ClN2O4/c1-27-16-5-3-15(4-6-16)23-11-13(8-12(10-22)20(23)26)19(25)17-9-14(21)2-7-18(17)24/h2-9,11,24H,1H3. The Morgan fingerprint density at radius 3 is 2.52 bits per heavy atom. The molecule has 6 nitrogen and oxygen atoms in total. The number of phenols is 1. The first-order valence-corrected chi connectivity index (χ1v) is 8.17. The molecule has 0 aliphatic rings. The molecule has 0 spiro atoms. The predicted octanol–water partition coefficient (Wildman–Crippen LogP) is 3.31. The second kappa shape index (κ2) is 7.36. The van der Waals surface area contributed by atoms with Crippen LogP contribution in [0.25, 0.3) is 5.69 Å². The van der Waals surface area contributed by atoms with Crippen molar-refractivity contribution in [2.45, 2.75) is 0 Å². The van der Waals surface area contributed by atoms with Crippen LogP contribution in [0.15, 0.2) is 59.5 Å². The minimum absolute atomic E-state index is 0.0219. The monoisotopic (exact) mass is 380 g/mol. The molecule has 134 valence electrons. The first-order valence-electron chi connectivity index (χ1n) is 7.79. The number of aromatic hydroxyl groups is 1. The highest BCUT2D eigenvalue weighted by atomic mass is 35.5. The summed E-state index contributed by atoms with van der Waals surface area (Å²) in [5.74, 6) is -0.206. The topological polar surface area (TPSA) is 92.3 Å². The van der Waals surface area contributed by atoms with Crippen LogP contribution in [0.2, 0.25) is 5.02 Å². The molecule has 0 unspecified atom stereocenters. The molecule has 3 rings (SSSR count). The van der Waals surface area contributed by atoms with Crippen LogP contribution in [-0.2, 0) is 0 Å².